The molecule has 0 radical (unpaired) electrons. The molecule has 0 saturated carbocycles. The summed E-state index contributed by atoms with van der Waals surface area (Å²) in [6.45, 7) is 27.3. The molecule has 0 bridgehead atoms. The van der Waals surface area contributed by atoms with E-state index in [1.165, 1.54) is 0 Å². The number of hydrogen-bond donors (Lipinski definition) is 9. The number of likely N-dealkylation sites (N-methyl/N-ethyl adjacent to an activating group) is 4. The van der Waals surface area contributed by atoms with Crippen LogP contribution >= 0.6 is 11.6 Å². The van der Waals surface area contributed by atoms with Crippen molar-refractivity contribution in [3.63, 3.8) is 0 Å². The highest BCUT2D eigenvalue weighted by Gasteiger charge is 2.40. The Morgan fingerprint density at radius 3 is 0.966 bits per heavy atom. The van der Waals surface area contributed by atoms with E-state index in [0.717, 1.165) is 184 Å². The Morgan fingerprint density at radius 2 is 0.682 bits per heavy atom. The number of primary amides is 1. The molecule has 13 N–H and O–H groups in total. The van der Waals surface area contributed by atoms with E-state index in [-0.39, 0.29) is 76.2 Å². The topological polar surface area (TPSA) is 552 Å². The van der Waals surface area contributed by atoms with Crippen LogP contribution in [0.25, 0.3) is 0 Å². The van der Waals surface area contributed by atoms with Gasteiger partial charge in [0.2, 0.25) is 0 Å². The first-order chi connectivity index (χ1) is 71.1. The number of amides is 11. The Kier molecular flexibility index (Phi) is 40.7. The molecule has 0 spiro atoms. The summed E-state index contributed by atoms with van der Waals surface area (Å²) >= 11 is 5.96. The predicted octanol–water partition coefficient (Wildman–Crippen LogP) is 11.2. The number of aromatic nitrogens is 8. The van der Waals surface area contributed by atoms with Crippen molar-refractivity contribution in [1.29, 1.82) is 15.8 Å². The number of benzene rings is 4. The molecule has 148 heavy (non-hydrogen) atoms. The number of nitrogens with two attached hydrogens (primary N) is 4. The number of alkyl carbamates (subject to hydrolysis) is 2. The minimum atomic E-state index is -0.662. The Balaban J connectivity index is 0.000000168. The molecule has 792 valence electrons. The lowest BCUT2D eigenvalue weighted by atomic mass is 10.0. The van der Waals surface area contributed by atoms with Crippen LogP contribution in [0.1, 0.15) is 146 Å². The number of carbonyl (C=O) groups is 7. The van der Waals surface area contributed by atoms with Crippen LogP contribution in [0.5, 0.6) is 23.0 Å². The number of carbonyl (C=O) groups excluding carboxylic acids is 7. The van der Waals surface area contributed by atoms with Gasteiger partial charge in [-0.1, -0.05) is 11.6 Å². The number of urea groups is 4. The van der Waals surface area contributed by atoms with Crippen LogP contribution in [-0.2, 0) is 9.47 Å². The number of halogens is 1. The highest BCUT2D eigenvalue weighted by atomic mass is 35.5. The minimum absolute atomic E-state index is 0.0666. The first kappa shape index (κ1) is 111. The molecule has 4 aromatic carbocycles. The fourth-order valence-electron chi connectivity index (χ4n) is 17.4. The largest absolute Gasteiger partial charge is 0.494 e. The third-order valence-electron chi connectivity index (χ3n) is 25.2. The van der Waals surface area contributed by atoms with Gasteiger partial charge in [-0.2, -0.15) is 15.8 Å². The van der Waals surface area contributed by atoms with Crippen molar-refractivity contribution in [1.82, 2.24) is 89.7 Å². The molecule has 12 heterocycles. The van der Waals surface area contributed by atoms with E-state index >= 15 is 0 Å². The second kappa shape index (κ2) is 54.1. The normalized spacial score (nSPS) is 17.7. The molecule has 8 aliphatic heterocycles. The van der Waals surface area contributed by atoms with E-state index in [9.17, 15) is 44.1 Å². The van der Waals surface area contributed by atoms with Gasteiger partial charge in [0, 0.05) is 169 Å². The number of anilines is 11. The van der Waals surface area contributed by atoms with Crippen LogP contribution in [0.15, 0.2) is 122 Å². The number of nitrogen functional groups attached to an aromatic ring is 1. The number of nitriles is 3. The van der Waals surface area contributed by atoms with Crippen molar-refractivity contribution in [3.05, 3.63) is 150 Å². The van der Waals surface area contributed by atoms with Gasteiger partial charge in [0.25, 0.3) is 5.91 Å². The second-order valence-electron chi connectivity index (χ2n) is 38.7. The number of rotatable bonds is 33. The molecule has 0 unspecified atom stereocenters. The maximum absolute atomic E-state index is 12.5. The molecular weight excluding hydrogens is 1920 g/mol. The lowest BCUT2D eigenvalue weighted by Gasteiger charge is -2.37. The second-order valence-corrected chi connectivity index (χ2v) is 39.0. The molecule has 4 aromatic heterocycles. The van der Waals surface area contributed by atoms with Crippen molar-refractivity contribution in [3.8, 4) is 41.2 Å². The Labute approximate surface area is 869 Å². The summed E-state index contributed by atoms with van der Waals surface area (Å²) in [6, 6.07) is 36.4. The summed E-state index contributed by atoms with van der Waals surface area (Å²) < 4.78 is 32.8. The van der Waals surface area contributed by atoms with Crippen molar-refractivity contribution in [2.24, 2.45) is 17.2 Å². The Morgan fingerprint density at radius 1 is 0.399 bits per heavy atom. The van der Waals surface area contributed by atoms with Gasteiger partial charge in [-0.25, -0.2) is 68.6 Å². The number of ether oxygens (including phenoxy) is 6. The van der Waals surface area contributed by atoms with Crippen LogP contribution in [0.3, 0.4) is 0 Å². The van der Waals surface area contributed by atoms with Crippen LogP contribution < -0.4 is 88.1 Å². The van der Waals surface area contributed by atoms with E-state index in [2.05, 4.69) is 88.2 Å². The van der Waals surface area contributed by atoms with E-state index in [0.29, 0.717) is 137 Å². The quantitative estimate of drug-likeness (QED) is 0.0136. The fraction of sp³-hybridized carbons (Fsp3) is 0.510. The van der Waals surface area contributed by atoms with Gasteiger partial charge < -0.3 is 137 Å². The highest BCUT2D eigenvalue weighted by molar-refractivity contribution is 6.30. The first-order valence-electron chi connectivity index (χ1n) is 50.2. The van der Waals surface area contributed by atoms with Gasteiger partial charge in [-0.3, -0.25) is 4.79 Å². The SMILES string of the molecule is CC(C)(C)OC(=O)NCCCOc1ccc(N)cc1.CN1CCN([C@@H]2CCCN(c3cnc(C#N)c(Cl)n3)C2)C1=O.CN1CCN([C@@H]2CCCN(c3cnc(C#N)c(Nc4ccc(OCCCN)cc4)n3)C2)C1=O.CN1CCN([C@@H]2CCCN(c3cnc(C#N)c(Nc4ccc(OCCCNC(=O)OC(C)(C)C)cc4)n3)C2)C1=O.CN1CCN([C@@H]2CCCN(c3cnc(C(N)=O)c(Nc4ccc(OCCCN)cc4)n3)C2)C1=O. The Bertz CT molecular complexity index is 5870. The fourth-order valence-corrected chi connectivity index (χ4v) is 17.6. The summed E-state index contributed by atoms with van der Waals surface area (Å²) in [7, 11) is 7.33. The Hall–Kier alpha value is -15.4. The van der Waals surface area contributed by atoms with E-state index in [4.69, 9.17) is 78.2 Å². The molecule has 8 saturated heterocycles. The number of nitrogens with one attached hydrogen (secondary N) is 5. The molecule has 11 amide bonds. The molecule has 8 fully saturated rings. The van der Waals surface area contributed by atoms with Gasteiger partial charge in [-0.15, -0.1) is 0 Å². The van der Waals surface area contributed by atoms with Crippen LogP contribution in [0.4, 0.5) is 92.2 Å². The molecule has 8 aliphatic rings. The van der Waals surface area contributed by atoms with Crippen LogP contribution in [0, 0.1) is 34.0 Å². The minimum Gasteiger partial charge on any atom is -0.494 e. The number of hydrogen-bond acceptors (Lipinski definition) is 34. The highest BCUT2D eigenvalue weighted by Crippen LogP contribution is 2.34. The third kappa shape index (κ3) is 32.8. The zero-order valence-electron chi connectivity index (χ0n) is 86.1. The van der Waals surface area contributed by atoms with E-state index < -0.39 is 29.3 Å². The predicted molar refractivity (Wildman–Crippen MR) is 563 cm³/mol. The van der Waals surface area contributed by atoms with Crippen molar-refractivity contribution in [2.75, 3.05) is 227 Å². The average molecular weight is 2060 g/mol. The van der Waals surface area contributed by atoms with Crippen molar-refractivity contribution in [2.45, 2.75) is 154 Å². The molecule has 46 heteroatoms. The lowest BCUT2D eigenvalue weighted by Crippen LogP contribution is -2.49. The summed E-state index contributed by atoms with van der Waals surface area (Å²) in [5, 5.41) is 43.1. The summed E-state index contributed by atoms with van der Waals surface area (Å²) in [6.07, 6.45) is 16.2. The summed E-state index contributed by atoms with van der Waals surface area (Å²) in [4.78, 5) is 143. The molecule has 16 rings (SSSR count). The van der Waals surface area contributed by atoms with Gasteiger partial charge in [0.1, 0.15) is 75.7 Å². The maximum atomic E-state index is 12.5. The standard InChI is InChI=1S/C28H38N8O4.C23H32N8O3.C23H30N8O2.C14H17ClN6O.C14H22N2O3/c1-28(2,3)40-26(37)30-12-6-16-39-22-10-8-20(9-11-22)32-25-23(17-29)31-18-24(33-25)35-13-5-7-21(19-35)36-15-14-34(4)27(36)38;1-29-11-12-31(23(29)33)17-4-2-10-30(15-17)19-14-26-20(21(25)32)22(28-19)27-16-5-7-18(8-6-16)34-13-3-9-24;1-29-11-12-31(23(29)32)18-4-2-10-30(16-18)21-15-26-20(14-25)22(28-21)27-17-5-7-19(8-6-17)33-13-3-9-24;1-19-5-6-21(14(19)22)10-3-2-4-20(9-10)12-8-17-11(7-16)13(15)18-12;1-14(2,3)19-13(17)16-9-4-10-18-12-7-5-11(15)6-8-12/h8-11,18,21H,5-7,12-16,19H2,1-4H3,(H,30,37)(H,32,33);5-8,14,17H,2-4,9-13,15,24H2,1H3,(H2,25,32)(H,27,28);5-8,15,18H,2-4,9-13,16,24H2,1H3,(H,27,28);8,10H,2-6,9H2,1H3;5-8H,4,9-10,15H2,1-3H3,(H,16,17)/t21-;17-;18-;10-;/m1111./s1. The van der Waals surface area contributed by atoms with Gasteiger partial charge in [-0.05, 0) is 229 Å². The molecule has 0 aliphatic carbocycles. The van der Waals surface area contributed by atoms with Crippen LogP contribution in [0.2, 0.25) is 5.15 Å². The number of piperidine rings is 4. The zero-order chi connectivity index (χ0) is 106. The molecule has 45 nitrogen and oxygen atoms in total. The van der Waals surface area contributed by atoms with Gasteiger partial charge >= 0.3 is 36.3 Å². The molecule has 8 aromatic rings. The lowest BCUT2D eigenvalue weighted by molar-refractivity contribution is 0.0513. The smallest absolute Gasteiger partial charge is 0.407 e. The average Bonchev–Trinajstić information content (AvgIpc) is 1.75. The van der Waals surface area contributed by atoms with Crippen molar-refractivity contribution < 1.29 is 62.0 Å². The first-order valence-corrected chi connectivity index (χ1v) is 50.5. The molecule has 4 atom stereocenters. The number of nitrogens with zero attached hydrogens (tertiary/aromatic N) is 23. The van der Waals surface area contributed by atoms with E-state index in [1.54, 1.807) is 56.5 Å². The third-order valence-corrected chi connectivity index (χ3v) is 25.4. The van der Waals surface area contributed by atoms with Crippen LogP contribution in [-0.4, -0.2) is 342 Å². The molecular formula is C102H139ClN32O13. The maximum Gasteiger partial charge on any atom is 0.407 e. The summed E-state index contributed by atoms with van der Waals surface area (Å²) in [5.74, 6) is 6.03. The van der Waals surface area contributed by atoms with Gasteiger partial charge in [0.05, 0.1) is 75.4 Å². The van der Waals surface area contributed by atoms with E-state index in [1.807, 2.05) is 180 Å². The summed E-state index contributed by atoms with van der Waals surface area (Å²) in [5.41, 5.74) is 24.7. The zero-order valence-corrected chi connectivity index (χ0v) is 86.8. The monoisotopic (exact) mass is 2060 g/mol. The van der Waals surface area contributed by atoms with Gasteiger partial charge in [0.15, 0.2) is 45.4 Å². The van der Waals surface area contributed by atoms with Crippen molar-refractivity contribution >= 4 is 117 Å².